The number of rotatable bonds is 2. The van der Waals surface area contributed by atoms with E-state index in [0.29, 0.717) is 22.0 Å². The molecule has 0 heterocycles. The Morgan fingerprint density at radius 1 is 0.333 bits per heavy atom. The highest BCUT2D eigenvalue weighted by Gasteiger charge is 2.15. The first-order valence-electron chi connectivity index (χ1n) is 20.1. The Labute approximate surface area is 335 Å². The van der Waals surface area contributed by atoms with Crippen LogP contribution in [0, 0.1) is 0 Å². The van der Waals surface area contributed by atoms with Crippen LogP contribution in [0.5, 0.6) is 0 Å². The van der Waals surface area contributed by atoms with Crippen molar-refractivity contribution in [3.8, 4) is 0 Å². The van der Waals surface area contributed by atoms with E-state index in [1.54, 1.807) is 24.3 Å². The van der Waals surface area contributed by atoms with Crippen molar-refractivity contribution in [3.05, 3.63) is 144 Å². The summed E-state index contributed by atoms with van der Waals surface area (Å²) >= 11 is 0. The number of carbonyl (C=O) groups is 2. The van der Waals surface area contributed by atoms with Crippen molar-refractivity contribution in [1.82, 2.24) is 10.6 Å². The molecule has 0 aliphatic heterocycles. The van der Waals surface area contributed by atoms with Crippen molar-refractivity contribution in [2.45, 2.75) is 160 Å². The number of amides is 2. The van der Waals surface area contributed by atoms with Gasteiger partial charge in [-0.15, -0.1) is 0 Å². The summed E-state index contributed by atoms with van der Waals surface area (Å²) in [6, 6.07) is 39.6. The highest BCUT2D eigenvalue weighted by Crippen LogP contribution is 2.21. The molecule has 0 bridgehead atoms. The smallest absolute Gasteiger partial charge is 0.251 e. The molecule has 0 aliphatic carbocycles. The topological polar surface area (TPSA) is 58.2 Å². The minimum atomic E-state index is -0.174. The summed E-state index contributed by atoms with van der Waals surface area (Å²) < 4.78 is 0. The second-order valence-electron chi connectivity index (χ2n) is 15.4. The molecule has 54 heavy (non-hydrogen) atoms. The molecule has 4 rings (SSSR count). The van der Waals surface area contributed by atoms with Crippen LogP contribution in [-0.2, 0) is 10.8 Å². The van der Waals surface area contributed by atoms with E-state index < -0.39 is 0 Å². The minimum Gasteiger partial charge on any atom is -0.347 e. The second-order valence-corrected chi connectivity index (χ2v) is 15.4. The lowest BCUT2D eigenvalue weighted by Crippen LogP contribution is -2.40. The van der Waals surface area contributed by atoms with Crippen LogP contribution in [-0.4, -0.2) is 22.9 Å². The maximum absolute atomic E-state index is 11.5. The summed E-state index contributed by atoms with van der Waals surface area (Å²) in [7, 11) is 0. The van der Waals surface area contributed by atoms with Crippen LogP contribution in [0.25, 0.3) is 0 Å². The quantitative estimate of drug-likeness (QED) is 0.215. The van der Waals surface area contributed by atoms with Gasteiger partial charge in [-0.05, 0) is 87.8 Å². The maximum atomic E-state index is 11.5. The van der Waals surface area contributed by atoms with Gasteiger partial charge >= 0.3 is 0 Å². The van der Waals surface area contributed by atoms with Crippen LogP contribution >= 0.6 is 0 Å². The first-order chi connectivity index (χ1) is 25.2. The molecule has 4 nitrogen and oxygen atoms in total. The molecule has 2 amide bonds. The van der Waals surface area contributed by atoms with Gasteiger partial charge in [0.2, 0.25) is 0 Å². The Bertz CT molecular complexity index is 1290. The summed E-state index contributed by atoms with van der Waals surface area (Å²) in [4.78, 5) is 23.1. The van der Waals surface area contributed by atoms with Crippen molar-refractivity contribution in [2.75, 3.05) is 0 Å². The molecule has 0 saturated carbocycles. The third-order valence-electron chi connectivity index (χ3n) is 6.33. The molecule has 2 N–H and O–H groups in total. The van der Waals surface area contributed by atoms with E-state index in [2.05, 4.69) is 113 Å². The average molecular weight is 743 g/mol. The van der Waals surface area contributed by atoms with Gasteiger partial charge in [-0.25, -0.2) is 0 Å². The number of carbonyl (C=O) groups excluding carboxylic acids is 2. The van der Waals surface area contributed by atoms with Crippen LogP contribution in [0.3, 0.4) is 0 Å². The van der Waals surface area contributed by atoms with Crippen LogP contribution in [0.4, 0.5) is 0 Å². The molecule has 0 atom stereocenters. The van der Waals surface area contributed by atoms with Crippen molar-refractivity contribution in [2.24, 2.45) is 0 Å². The lowest BCUT2D eigenvalue weighted by atomic mass is 9.87. The molecule has 304 valence electrons. The fourth-order valence-electron chi connectivity index (χ4n) is 3.88. The van der Waals surface area contributed by atoms with Gasteiger partial charge in [0.1, 0.15) is 0 Å². The first kappa shape index (κ1) is 56.6. The molecule has 0 unspecified atom stereocenters. The number of hydrogen-bond acceptors (Lipinski definition) is 2. The summed E-state index contributed by atoms with van der Waals surface area (Å²) in [5, 5.41) is 5.79. The zero-order valence-corrected chi connectivity index (χ0v) is 38.4. The van der Waals surface area contributed by atoms with Crippen LogP contribution in [0.15, 0.2) is 121 Å². The molecule has 0 spiro atoms. The fraction of sp³-hybridized carbons (Fsp3) is 0.480. The molecule has 0 aromatic heterocycles. The first-order valence-corrected chi connectivity index (χ1v) is 20.1. The van der Waals surface area contributed by atoms with Gasteiger partial charge in [-0.3, -0.25) is 9.59 Å². The zero-order chi connectivity index (χ0) is 43.0. The van der Waals surface area contributed by atoms with E-state index in [0.717, 1.165) is 0 Å². The van der Waals surface area contributed by atoms with E-state index in [-0.39, 0.29) is 22.9 Å². The minimum absolute atomic E-state index is 0.0203. The van der Waals surface area contributed by atoms with Crippen LogP contribution in [0.2, 0.25) is 0 Å². The molecular formula is C50H82N2O2. The predicted octanol–water partition coefficient (Wildman–Crippen LogP) is 14.5. The Morgan fingerprint density at radius 2 is 0.519 bits per heavy atom. The van der Waals surface area contributed by atoms with Crippen molar-refractivity contribution < 1.29 is 9.59 Å². The van der Waals surface area contributed by atoms with E-state index in [9.17, 15) is 9.59 Å². The lowest BCUT2D eigenvalue weighted by Gasteiger charge is -2.20. The van der Waals surface area contributed by atoms with Crippen LogP contribution < -0.4 is 10.6 Å². The standard InChI is InChI=1S/2C11H15NO.2C10H14.4C2H6/c2*1-11(2,3)12-10(13)9-7-5-4-6-8-9;2*1-10(2,3)9-7-5-4-6-8-9;4*1-2/h2*4-8H,1-3H3,(H,12,13);2*4-8H,1-3H3;4*1-2H3. The summed E-state index contributed by atoms with van der Waals surface area (Å²) in [5.74, 6) is -0.0406. The van der Waals surface area contributed by atoms with Gasteiger partial charge in [0, 0.05) is 22.2 Å². The van der Waals surface area contributed by atoms with E-state index in [4.69, 9.17) is 0 Å². The Kier molecular flexibility index (Phi) is 32.7. The highest BCUT2D eigenvalue weighted by atomic mass is 16.2. The number of benzene rings is 4. The SMILES string of the molecule is CC.CC.CC.CC.CC(C)(C)NC(=O)c1ccccc1.CC(C)(C)NC(=O)c1ccccc1.CC(C)(C)c1ccccc1.CC(C)(C)c1ccccc1. The molecule has 4 heteroatoms. The van der Waals surface area contributed by atoms with Gasteiger partial charge in [0.05, 0.1) is 0 Å². The predicted molar refractivity (Wildman–Crippen MR) is 243 cm³/mol. The highest BCUT2D eigenvalue weighted by molar-refractivity contribution is 5.95. The summed E-state index contributed by atoms with van der Waals surface area (Å²) in [6.07, 6.45) is 0. The van der Waals surface area contributed by atoms with E-state index >= 15 is 0 Å². The Hall–Kier alpha value is -4.18. The van der Waals surface area contributed by atoms with Gasteiger partial charge in [-0.2, -0.15) is 0 Å². The van der Waals surface area contributed by atoms with E-state index in [1.165, 1.54) is 11.1 Å². The lowest BCUT2D eigenvalue weighted by molar-refractivity contribution is 0.0910. The Balaban J connectivity index is -0.000000291. The zero-order valence-electron chi connectivity index (χ0n) is 38.4. The van der Waals surface area contributed by atoms with Gasteiger partial charge in [0.15, 0.2) is 0 Å². The summed E-state index contributed by atoms with van der Waals surface area (Å²) in [5.41, 5.74) is 4.45. The normalized spacial score (nSPS) is 10.0. The summed E-state index contributed by atoms with van der Waals surface area (Å²) in [6.45, 7) is 41.1. The van der Waals surface area contributed by atoms with Crippen molar-refractivity contribution in [1.29, 1.82) is 0 Å². The van der Waals surface area contributed by atoms with Crippen LogP contribution in [0.1, 0.15) is 170 Å². The molecule has 4 aromatic carbocycles. The Morgan fingerprint density at radius 3 is 0.667 bits per heavy atom. The fourth-order valence-corrected chi connectivity index (χ4v) is 3.88. The average Bonchev–Trinajstić information content (AvgIpc) is 3.15. The monoisotopic (exact) mass is 743 g/mol. The molecular weight excluding hydrogens is 661 g/mol. The van der Waals surface area contributed by atoms with Crippen molar-refractivity contribution >= 4 is 11.8 Å². The molecule has 4 aromatic rings. The van der Waals surface area contributed by atoms with Gasteiger partial charge in [-0.1, -0.05) is 194 Å². The van der Waals surface area contributed by atoms with Gasteiger partial charge in [0.25, 0.3) is 11.8 Å². The molecule has 0 saturated heterocycles. The third kappa shape index (κ3) is 31.4. The van der Waals surface area contributed by atoms with Gasteiger partial charge < -0.3 is 10.6 Å². The number of hydrogen-bond donors (Lipinski definition) is 2. The molecule has 0 radical (unpaired) electrons. The van der Waals surface area contributed by atoms with Crippen molar-refractivity contribution in [3.63, 3.8) is 0 Å². The van der Waals surface area contributed by atoms with E-state index in [1.807, 2.05) is 133 Å². The number of nitrogens with one attached hydrogen (secondary N) is 2. The molecule has 0 aliphatic rings. The maximum Gasteiger partial charge on any atom is 0.251 e. The third-order valence-corrected chi connectivity index (χ3v) is 6.33. The second kappa shape index (κ2) is 31.2. The molecule has 0 fully saturated rings. The largest absolute Gasteiger partial charge is 0.347 e.